The Labute approximate surface area is 129 Å². The SMILES string of the molecule is O=S(=O)(c1cc(Cl)ccc1Cl)N1C2CCNCC1CC2. The molecule has 110 valence electrons. The number of halogens is 2. The Morgan fingerprint density at radius 2 is 1.90 bits per heavy atom. The average Bonchev–Trinajstić information content (AvgIpc) is 2.66. The van der Waals surface area contributed by atoms with E-state index in [0.29, 0.717) is 11.6 Å². The molecule has 2 unspecified atom stereocenters. The zero-order valence-corrected chi connectivity index (χ0v) is 13.2. The molecule has 0 spiro atoms. The fourth-order valence-electron chi connectivity index (χ4n) is 3.12. The van der Waals surface area contributed by atoms with Crippen molar-refractivity contribution in [3.05, 3.63) is 28.2 Å². The molecule has 0 aromatic heterocycles. The van der Waals surface area contributed by atoms with Crippen molar-refractivity contribution in [1.29, 1.82) is 0 Å². The van der Waals surface area contributed by atoms with Crippen LogP contribution in [0.25, 0.3) is 0 Å². The number of sulfonamides is 1. The predicted octanol–water partition coefficient (Wildman–Crippen LogP) is 2.51. The third kappa shape index (κ3) is 2.46. The van der Waals surface area contributed by atoms with Crippen molar-refractivity contribution in [1.82, 2.24) is 9.62 Å². The highest BCUT2D eigenvalue weighted by Crippen LogP contribution is 2.36. The Morgan fingerprint density at radius 1 is 1.15 bits per heavy atom. The molecule has 0 aliphatic carbocycles. The molecule has 2 saturated heterocycles. The van der Waals surface area contributed by atoms with E-state index in [4.69, 9.17) is 23.2 Å². The summed E-state index contributed by atoms with van der Waals surface area (Å²) in [5.74, 6) is 0. The average molecular weight is 335 g/mol. The summed E-state index contributed by atoms with van der Waals surface area (Å²) in [6.45, 7) is 1.56. The Balaban J connectivity index is 2.05. The fraction of sp³-hybridized carbons (Fsp3) is 0.538. The number of nitrogens with zero attached hydrogens (tertiary/aromatic N) is 1. The monoisotopic (exact) mass is 334 g/mol. The van der Waals surface area contributed by atoms with Gasteiger partial charge in [0.05, 0.1) is 5.02 Å². The number of hydrogen-bond acceptors (Lipinski definition) is 3. The third-order valence-electron chi connectivity index (χ3n) is 4.04. The predicted molar refractivity (Wildman–Crippen MR) is 79.8 cm³/mol. The van der Waals surface area contributed by atoms with Gasteiger partial charge in [0.15, 0.2) is 0 Å². The molecule has 2 bridgehead atoms. The van der Waals surface area contributed by atoms with Crippen LogP contribution in [0.15, 0.2) is 23.1 Å². The van der Waals surface area contributed by atoms with Crippen LogP contribution in [0.4, 0.5) is 0 Å². The minimum atomic E-state index is -3.60. The minimum absolute atomic E-state index is 0.0162. The van der Waals surface area contributed by atoms with Gasteiger partial charge >= 0.3 is 0 Å². The molecule has 2 aliphatic heterocycles. The second kappa shape index (κ2) is 5.46. The van der Waals surface area contributed by atoms with E-state index in [0.717, 1.165) is 25.8 Å². The molecule has 20 heavy (non-hydrogen) atoms. The van der Waals surface area contributed by atoms with Gasteiger partial charge in [-0.2, -0.15) is 4.31 Å². The largest absolute Gasteiger partial charge is 0.315 e. The maximum atomic E-state index is 12.9. The molecule has 1 N–H and O–H groups in total. The van der Waals surface area contributed by atoms with Crippen LogP contribution in [0.2, 0.25) is 10.0 Å². The smallest absolute Gasteiger partial charge is 0.245 e. The molecule has 3 rings (SSSR count). The van der Waals surface area contributed by atoms with Crippen LogP contribution >= 0.6 is 23.2 Å². The van der Waals surface area contributed by atoms with Crippen molar-refractivity contribution in [3.63, 3.8) is 0 Å². The molecular formula is C13H16Cl2N2O2S. The highest BCUT2D eigenvalue weighted by Gasteiger charge is 2.43. The van der Waals surface area contributed by atoms with Gasteiger partial charge in [-0.25, -0.2) is 8.42 Å². The first kappa shape index (κ1) is 14.6. The Kier molecular flexibility index (Phi) is 3.99. The van der Waals surface area contributed by atoms with Crippen molar-refractivity contribution in [2.45, 2.75) is 36.2 Å². The summed E-state index contributed by atoms with van der Waals surface area (Å²) in [5, 5.41) is 3.90. The second-order valence-corrected chi connectivity index (χ2v) is 7.94. The molecule has 0 radical (unpaired) electrons. The molecular weight excluding hydrogens is 319 g/mol. The lowest BCUT2D eigenvalue weighted by Crippen LogP contribution is -2.42. The van der Waals surface area contributed by atoms with Gasteiger partial charge in [0.25, 0.3) is 0 Å². The summed E-state index contributed by atoms with van der Waals surface area (Å²) < 4.78 is 27.5. The van der Waals surface area contributed by atoms with Crippen LogP contribution in [0.1, 0.15) is 19.3 Å². The van der Waals surface area contributed by atoms with Gasteiger partial charge in [0.2, 0.25) is 10.0 Å². The quantitative estimate of drug-likeness (QED) is 0.903. The van der Waals surface area contributed by atoms with Crippen LogP contribution in [-0.4, -0.2) is 37.9 Å². The van der Waals surface area contributed by atoms with Gasteiger partial charge in [-0.1, -0.05) is 23.2 Å². The minimum Gasteiger partial charge on any atom is -0.315 e. The molecule has 2 aliphatic rings. The van der Waals surface area contributed by atoms with Crippen LogP contribution in [0.5, 0.6) is 0 Å². The first-order chi connectivity index (χ1) is 9.50. The normalized spacial score (nSPS) is 27.5. The van der Waals surface area contributed by atoms with E-state index >= 15 is 0 Å². The maximum absolute atomic E-state index is 12.9. The van der Waals surface area contributed by atoms with E-state index < -0.39 is 10.0 Å². The Bertz CT molecular complexity index is 607. The second-order valence-electron chi connectivity index (χ2n) is 5.29. The first-order valence-corrected chi connectivity index (χ1v) is 8.89. The van der Waals surface area contributed by atoms with E-state index in [1.54, 1.807) is 10.4 Å². The fourth-order valence-corrected chi connectivity index (χ4v) is 5.76. The molecule has 0 amide bonds. The molecule has 2 heterocycles. The van der Waals surface area contributed by atoms with E-state index in [-0.39, 0.29) is 22.0 Å². The molecule has 1 aromatic carbocycles. The molecule has 0 saturated carbocycles. The van der Waals surface area contributed by atoms with Gasteiger partial charge in [-0.3, -0.25) is 0 Å². The van der Waals surface area contributed by atoms with Crippen LogP contribution < -0.4 is 5.32 Å². The lowest BCUT2D eigenvalue weighted by atomic mass is 10.1. The number of rotatable bonds is 2. The highest BCUT2D eigenvalue weighted by molar-refractivity contribution is 7.89. The van der Waals surface area contributed by atoms with E-state index in [1.807, 2.05) is 0 Å². The molecule has 1 aromatic rings. The van der Waals surface area contributed by atoms with Crippen molar-refractivity contribution < 1.29 is 8.42 Å². The van der Waals surface area contributed by atoms with E-state index in [9.17, 15) is 8.42 Å². The summed E-state index contributed by atoms with van der Waals surface area (Å²) in [7, 11) is -3.60. The highest BCUT2D eigenvalue weighted by atomic mass is 35.5. The summed E-state index contributed by atoms with van der Waals surface area (Å²) >= 11 is 12.0. The van der Waals surface area contributed by atoms with Crippen molar-refractivity contribution in [2.24, 2.45) is 0 Å². The van der Waals surface area contributed by atoms with Crippen LogP contribution in [0, 0.1) is 0 Å². The number of fused-ring (bicyclic) bond motifs is 2. The van der Waals surface area contributed by atoms with E-state index in [2.05, 4.69) is 5.32 Å². The molecule has 7 heteroatoms. The lowest BCUT2D eigenvalue weighted by Gasteiger charge is -2.27. The molecule has 2 fully saturated rings. The summed E-state index contributed by atoms with van der Waals surface area (Å²) in [5.41, 5.74) is 0. The van der Waals surface area contributed by atoms with Gasteiger partial charge in [-0.15, -0.1) is 0 Å². The summed E-state index contributed by atoms with van der Waals surface area (Å²) in [4.78, 5) is 0.116. The van der Waals surface area contributed by atoms with Gasteiger partial charge in [-0.05, 0) is 44.0 Å². The maximum Gasteiger partial charge on any atom is 0.245 e. The molecule has 4 nitrogen and oxygen atoms in total. The summed E-state index contributed by atoms with van der Waals surface area (Å²) in [6.07, 6.45) is 2.66. The van der Waals surface area contributed by atoms with Crippen LogP contribution in [-0.2, 0) is 10.0 Å². The number of benzene rings is 1. The zero-order chi connectivity index (χ0) is 14.3. The van der Waals surface area contributed by atoms with Gasteiger partial charge < -0.3 is 5.32 Å². The van der Waals surface area contributed by atoms with Crippen molar-refractivity contribution in [3.8, 4) is 0 Å². The van der Waals surface area contributed by atoms with Crippen LogP contribution in [0.3, 0.4) is 0 Å². The van der Waals surface area contributed by atoms with Crippen molar-refractivity contribution in [2.75, 3.05) is 13.1 Å². The standard InChI is InChI=1S/C13H16Cl2N2O2S/c14-9-1-4-12(15)13(7-9)20(18,19)17-10-2-3-11(17)8-16-6-5-10/h1,4,7,10-11,16H,2-3,5-6,8H2. The van der Waals surface area contributed by atoms with E-state index in [1.165, 1.54) is 12.1 Å². The number of hydrogen-bond donors (Lipinski definition) is 1. The summed E-state index contributed by atoms with van der Waals surface area (Å²) in [6, 6.07) is 4.66. The lowest BCUT2D eigenvalue weighted by molar-refractivity contribution is 0.334. The number of nitrogens with one attached hydrogen (secondary N) is 1. The first-order valence-electron chi connectivity index (χ1n) is 6.69. The van der Waals surface area contributed by atoms with Gasteiger partial charge in [0.1, 0.15) is 4.90 Å². The van der Waals surface area contributed by atoms with Gasteiger partial charge in [0, 0.05) is 23.7 Å². The Hall–Kier alpha value is -0.330. The third-order valence-corrected chi connectivity index (χ3v) is 6.76. The topological polar surface area (TPSA) is 49.4 Å². The Morgan fingerprint density at radius 3 is 2.70 bits per heavy atom. The molecule has 2 atom stereocenters. The zero-order valence-electron chi connectivity index (χ0n) is 10.9. The van der Waals surface area contributed by atoms with Crippen molar-refractivity contribution >= 4 is 33.2 Å².